The number of ether oxygens (including phenoxy) is 2. The average Bonchev–Trinajstić information content (AvgIpc) is 3.14. The highest BCUT2D eigenvalue weighted by Gasteiger charge is 2.68. The topological polar surface area (TPSA) is 67.8 Å². The first kappa shape index (κ1) is 18.6. The van der Waals surface area contributed by atoms with Gasteiger partial charge in [0.25, 0.3) is 0 Å². The van der Waals surface area contributed by atoms with Crippen molar-refractivity contribution in [2.75, 3.05) is 13.7 Å². The van der Waals surface area contributed by atoms with Crippen molar-refractivity contribution in [1.82, 2.24) is 5.32 Å². The Kier molecular flexibility index (Phi) is 4.41. The van der Waals surface area contributed by atoms with Crippen molar-refractivity contribution >= 4 is 5.91 Å². The lowest BCUT2D eigenvalue weighted by Crippen LogP contribution is -2.58. The van der Waals surface area contributed by atoms with Crippen LogP contribution in [0.25, 0.3) is 0 Å². The van der Waals surface area contributed by atoms with Crippen molar-refractivity contribution in [3.05, 3.63) is 23.8 Å². The van der Waals surface area contributed by atoms with Gasteiger partial charge in [-0.15, -0.1) is 0 Å². The Labute approximate surface area is 161 Å². The van der Waals surface area contributed by atoms with Gasteiger partial charge in [-0.3, -0.25) is 4.79 Å². The molecule has 2 bridgehead atoms. The maximum Gasteiger partial charge on any atom is 0.219 e. The summed E-state index contributed by atoms with van der Waals surface area (Å²) in [6.07, 6.45) is 3.73. The maximum absolute atomic E-state index is 12.3. The van der Waals surface area contributed by atoms with Crippen molar-refractivity contribution in [2.45, 2.75) is 58.6 Å². The minimum Gasteiger partial charge on any atom is -0.504 e. The second kappa shape index (κ2) is 6.40. The fourth-order valence-corrected chi connectivity index (χ4v) is 6.26. The fourth-order valence-electron chi connectivity index (χ4n) is 6.26. The first-order valence-corrected chi connectivity index (χ1v) is 10.1. The largest absolute Gasteiger partial charge is 0.504 e. The van der Waals surface area contributed by atoms with E-state index in [4.69, 9.17) is 9.47 Å². The summed E-state index contributed by atoms with van der Waals surface area (Å²) in [4.78, 5) is 12.3. The number of amides is 1. The van der Waals surface area contributed by atoms with Gasteiger partial charge in [-0.2, -0.15) is 0 Å². The third-order valence-corrected chi connectivity index (χ3v) is 7.66. The van der Waals surface area contributed by atoms with Crippen molar-refractivity contribution < 1.29 is 19.4 Å². The van der Waals surface area contributed by atoms with E-state index in [0.29, 0.717) is 30.6 Å². The molecule has 1 aliphatic heterocycles. The Balaban J connectivity index is 1.68. The molecule has 2 N–H and O–H groups in total. The molecule has 1 saturated heterocycles. The molecule has 0 aromatic heterocycles. The number of nitrogens with one attached hydrogen (secondary N) is 1. The summed E-state index contributed by atoms with van der Waals surface area (Å²) in [7, 11) is 1.56. The number of hydrogen-bond donors (Lipinski definition) is 2. The molecule has 1 aromatic carbocycles. The highest BCUT2D eigenvalue weighted by Crippen LogP contribution is 2.70. The summed E-state index contributed by atoms with van der Waals surface area (Å²) in [5.74, 6) is 1.71. The molecule has 1 heterocycles. The first-order valence-electron chi connectivity index (χ1n) is 10.1. The van der Waals surface area contributed by atoms with Crippen LogP contribution in [-0.2, 0) is 9.53 Å². The second-order valence-corrected chi connectivity index (χ2v) is 9.12. The number of phenols is 1. The van der Waals surface area contributed by atoms with Crippen molar-refractivity contribution in [3.8, 4) is 11.5 Å². The van der Waals surface area contributed by atoms with Crippen LogP contribution in [0.5, 0.6) is 11.5 Å². The number of methoxy groups -OCH3 is 1. The van der Waals surface area contributed by atoms with Crippen LogP contribution >= 0.6 is 0 Å². The molecule has 3 fully saturated rings. The summed E-state index contributed by atoms with van der Waals surface area (Å²) >= 11 is 0. The fraction of sp³-hybridized carbons (Fsp3) is 0.682. The molecular weight excluding hydrogens is 342 g/mol. The summed E-state index contributed by atoms with van der Waals surface area (Å²) < 4.78 is 11.4. The van der Waals surface area contributed by atoms with E-state index in [9.17, 15) is 9.90 Å². The minimum absolute atomic E-state index is 0.0438. The van der Waals surface area contributed by atoms with E-state index in [1.165, 1.54) is 0 Å². The van der Waals surface area contributed by atoms with Crippen LogP contribution in [0.1, 0.15) is 58.1 Å². The highest BCUT2D eigenvalue weighted by atomic mass is 16.5. The van der Waals surface area contributed by atoms with Gasteiger partial charge in [0, 0.05) is 19.1 Å². The number of hydrogen-bond acceptors (Lipinski definition) is 4. The van der Waals surface area contributed by atoms with E-state index in [0.717, 1.165) is 24.8 Å². The van der Waals surface area contributed by atoms with Crippen LogP contribution in [0.2, 0.25) is 0 Å². The lowest BCUT2D eigenvalue weighted by molar-refractivity contribution is -0.137. The second-order valence-electron chi connectivity index (χ2n) is 9.12. The maximum atomic E-state index is 12.3. The number of rotatable bonds is 4. The zero-order valence-electron chi connectivity index (χ0n) is 16.7. The predicted molar refractivity (Wildman–Crippen MR) is 103 cm³/mol. The van der Waals surface area contributed by atoms with Crippen molar-refractivity contribution in [3.63, 3.8) is 0 Å². The van der Waals surface area contributed by atoms with Gasteiger partial charge in [0.05, 0.1) is 13.2 Å². The molecule has 4 rings (SSSR count). The van der Waals surface area contributed by atoms with Gasteiger partial charge in [-0.1, -0.05) is 26.8 Å². The normalized spacial score (nSPS) is 36.3. The number of benzene rings is 1. The molecule has 0 radical (unpaired) electrons. The van der Waals surface area contributed by atoms with E-state index < -0.39 is 0 Å². The van der Waals surface area contributed by atoms with Crippen LogP contribution in [0.3, 0.4) is 0 Å². The SMILES string of the molecule is CCC(=O)N[C@@H]1C(C)(C)[C@@H]2C[C@@H]3[C@@H](c4ccc(OC)c(O)c4)OCC[C@@]31C2. The number of carbonyl (C=O) groups is 1. The molecule has 3 aliphatic rings. The molecule has 1 spiro atoms. The zero-order valence-corrected chi connectivity index (χ0v) is 16.7. The molecule has 1 amide bonds. The molecule has 5 nitrogen and oxygen atoms in total. The third-order valence-electron chi connectivity index (χ3n) is 7.66. The van der Waals surface area contributed by atoms with Crippen LogP contribution in [0, 0.1) is 22.7 Å². The summed E-state index contributed by atoms with van der Waals surface area (Å²) in [5.41, 5.74) is 1.19. The van der Waals surface area contributed by atoms with Gasteiger partial charge >= 0.3 is 0 Å². The van der Waals surface area contributed by atoms with E-state index in [2.05, 4.69) is 19.2 Å². The van der Waals surface area contributed by atoms with Crippen LogP contribution in [0.15, 0.2) is 18.2 Å². The van der Waals surface area contributed by atoms with E-state index in [1.807, 2.05) is 19.1 Å². The smallest absolute Gasteiger partial charge is 0.219 e. The van der Waals surface area contributed by atoms with Gasteiger partial charge in [-0.05, 0) is 59.6 Å². The summed E-state index contributed by atoms with van der Waals surface area (Å²) in [6.45, 7) is 7.23. The predicted octanol–water partition coefficient (Wildman–Crippen LogP) is 3.81. The summed E-state index contributed by atoms with van der Waals surface area (Å²) in [6, 6.07) is 5.76. The van der Waals surface area contributed by atoms with E-state index in [1.54, 1.807) is 13.2 Å². The van der Waals surface area contributed by atoms with Crippen LogP contribution in [-0.4, -0.2) is 30.8 Å². The molecule has 148 valence electrons. The lowest BCUT2D eigenvalue weighted by Gasteiger charge is -2.53. The molecule has 2 saturated carbocycles. The van der Waals surface area contributed by atoms with E-state index >= 15 is 0 Å². The van der Waals surface area contributed by atoms with Crippen LogP contribution in [0.4, 0.5) is 0 Å². The lowest BCUT2D eigenvalue weighted by atomic mass is 9.59. The van der Waals surface area contributed by atoms with Gasteiger partial charge in [0.1, 0.15) is 0 Å². The molecule has 27 heavy (non-hydrogen) atoms. The third kappa shape index (κ3) is 2.65. The number of phenolic OH excluding ortho intramolecular Hbond substituents is 1. The molecule has 0 unspecified atom stereocenters. The Morgan fingerprint density at radius 3 is 2.85 bits per heavy atom. The molecule has 2 aliphatic carbocycles. The molecule has 5 atom stereocenters. The van der Waals surface area contributed by atoms with E-state index in [-0.39, 0.29) is 34.6 Å². The van der Waals surface area contributed by atoms with Gasteiger partial charge in [0.2, 0.25) is 5.91 Å². The Bertz CT molecular complexity index is 746. The van der Waals surface area contributed by atoms with Crippen molar-refractivity contribution in [2.24, 2.45) is 22.7 Å². The zero-order chi connectivity index (χ0) is 19.4. The average molecular weight is 373 g/mol. The van der Waals surface area contributed by atoms with Crippen LogP contribution < -0.4 is 10.1 Å². The Hall–Kier alpha value is -1.75. The van der Waals surface area contributed by atoms with Crippen molar-refractivity contribution in [1.29, 1.82) is 0 Å². The minimum atomic E-state index is -0.0438. The number of aromatic hydroxyl groups is 1. The van der Waals surface area contributed by atoms with Gasteiger partial charge in [-0.25, -0.2) is 0 Å². The Morgan fingerprint density at radius 2 is 2.19 bits per heavy atom. The van der Waals surface area contributed by atoms with Gasteiger partial charge in [0.15, 0.2) is 11.5 Å². The first-order chi connectivity index (χ1) is 12.8. The monoisotopic (exact) mass is 373 g/mol. The number of carbonyl (C=O) groups excluding carboxylic acids is 1. The molecular formula is C22H31NO4. The molecule has 5 heteroatoms. The quantitative estimate of drug-likeness (QED) is 0.842. The standard InChI is InChI=1S/C22H31NO4/c1-5-18(25)23-20-21(2,3)14-11-15-19(27-9-8-22(15,20)12-14)13-6-7-17(26-4)16(24)10-13/h6-7,10,14-15,19-20,24H,5,8-9,11-12H2,1-4H3,(H,23,25)/t14-,15-,19-,20-,22-/m1/s1. The molecule has 1 aromatic rings. The van der Waals surface area contributed by atoms with Gasteiger partial charge < -0.3 is 19.9 Å². The summed E-state index contributed by atoms with van der Waals surface area (Å²) in [5, 5.41) is 13.6. The Morgan fingerprint density at radius 1 is 1.41 bits per heavy atom. The number of fused-ring (bicyclic) bond motifs is 1. The highest BCUT2D eigenvalue weighted by molar-refractivity contribution is 5.76.